The van der Waals surface area contributed by atoms with Crippen molar-refractivity contribution < 1.29 is 8.83 Å². The van der Waals surface area contributed by atoms with Gasteiger partial charge in [-0.15, -0.1) is 0 Å². The minimum absolute atomic E-state index is 0.327. The van der Waals surface area contributed by atoms with Crippen molar-refractivity contribution in [2.24, 2.45) is 0 Å². The summed E-state index contributed by atoms with van der Waals surface area (Å²) in [6.45, 7) is 13.3. The standard InChI is InChI=1S/C62H52N2O2/c1-7-12-40-23-31-44(32-24-40)64(56-20-11-18-50-48-16-9-14-46(38(4)5)60(48)66-62(50)56)54-36-28-42-25-33-51-53(35-27-41-26-34-52(54)58(42)57(41)51)63(43-29-21-39(6)22-30-43)55-19-10-17-49-47-15-8-13-45(37(2)3)59(47)65-61(49)55/h8-11,13-38H,7,12H2,1-6H3. The third-order valence-corrected chi connectivity index (χ3v) is 13.9. The molecule has 0 spiro atoms. The Morgan fingerprint density at radius 2 is 0.803 bits per heavy atom. The van der Waals surface area contributed by atoms with Crippen molar-refractivity contribution in [3.05, 3.63) is 192 Å². The van der Waals surface area contributed by atoms with Crippen molar-refractivity contribution >= 4 is 110 Å². The molecule has 0 saturated heterocycles. The van der Waals surface area contributed by atoms with Crippen LogP contribution in [0.25, 0.3) is 76.2 Å². The van der Waals surface area contributed by atoms with Crippen molar-refractivity contribution in [1.29, 1.82) is 0 Å². The zero-order valence-corrected chi connectivity index (χ0v) is 38.4. The molecule has 4 nitrogen and oxygen atoms in total. The lowest BCUT2D eigenvalue weighted by molar-refractivity contribution is 0.657. The summed E-state index contributed by atoms with van der Waals surface area (Å²) in [6, 6.07) is 62.8. The van der Waals surface area contributed by atoms with E-state index < -0.39 is 0 Å². The second-order valence-electron chi connectivity index (χ2n) is 18.8. The van der Waals surface area contributed by atoms with Crippen LogP contribution in [-0.4, -0.2) is 0 Å². The van der Waals surface area contributed by atoms with Gasteiger partial charge in [-0.3, -0.25) is 0 Å². The average Bonchev–Trinajstić information content (AvgIpc) is 3.92. The predicted octanol–water partition coefficient (Wildman–Crippen LogP) is 18.8. The van der Waals surface area contributed by atoms with E-state index >= 15 is 0 Å². The van der Waals surface area contributed by atoms with Crippen molar-refractivity contribution in [2.75, 3.05) is 9.80 Å². The fraction of sp³-hybridized carbons (Fsp3) is 0.161. The van der Waals surface area contributed by atoms with E-state index in [9.17, 15) is 0 Å². The van der Waals surface area contributed by atoms with Gasteiger partial charge in [0.05, 0.1) is 22.7 Å². The minimum atomic E-state index is 0.327. The van der Waals surface area contributed by atoms with Crippen LogP contribution in [0.15, 0.2) is 179 Å². The Balaban J connectivity index is 1.12. The van der Waals surface area contributed by atoms with Crippen LogP contribution in [-0.2, 0) is 6.42 Å². The smallest absolute Gasteiger partial charge is 0.159 e. The summed E-state index contributed by atoms with van der Waals surface area (Å²) in [6.07, 6.45) is 2.15. The zero-order valence-electron chi connectivity index (χ0n) is 38.4. The molecule has 0 fully saturated rings. The highest BCUT2D eigenvalue weighted by Crippen LogP contribution is 2.51. The van der Waals surface area contributed by atoms with Crippen LogP contribution in [0.1, 0.15) is 75.1 Å². The average molecular weight is 857 g/mol. The topological polar surface area (TPSA) is 32.8 Å². The lowest BCUT2D eigenvalue weighted by Crippen LogP contribution is -2.12. The van der Waals surface area contributed by atoms with Gasteiger partial charge >= 0.3 is 0 Å². The minimum Gasteiger partial charge on any atom is -0.454 e. The molecular formula is C62H52N2O2. The molecule has 4 heteroatoms. The molecule has 66 heavy (non-hydrogen) atoms. The molecule has 2 aromatic heterocycles. The van der Waals surface area contributed by atoms with Gasteiger partial charge in [-0.1, -0.05) is 168 Å². The summed E-state index contributed by atoms with van der Waals surface area (Å²) in [7, 11) is 0. The summed E-state index contributed by atoms with van der Waals surface area (Å²) in [5.41, 5.74) is 15.1. The summed E-state index contributed by atoms with van der Waals surface area (Å²) >= 11 is 0. The monoisotopic (exact) mass is 856 g/mol. The molecule has 12 rings (SSSR count). The maximum atomic E-state index is 7.03. The summed E-state index contributed by atoms with van der Waals surface area (Å²) in [5, 5.41) is 11.8. The molecule has 12 aromatic rings. The van der Waals surface area contributed by atoms with E-state index in [2.05, 4.69) is 221 Å². The van der Waals surface area contributed by atoms with E-state index in [0.717, 1.165) is 90.8 Å². The Hall–Kier alpha value is -7.56. The molecular weight excluding hydrogens is 805 g/mol. The first-order chi connectivity index (χ1) is 32.3. The van der Waals surface area contributed by atoms with Gasteiger partial charge in [0.1, 0.15) is 11.2 Å². The molecule has 10 aromatic carbocycles. The van der Waals surface area contributed by atoms with E-state index in [1.807, 2.05) is 0 Å². The van der Waals surface area contributed by atoms with Crippen molar-refractivity contribution in [3.63, 3.8) is 0 Å². The van der Waals surface area contributed by atoms with Crippen LogP contribution in [0.2, 0.25) is 0 Å². The molecule has 2 heterocycles. The first-order valence-corrected chi connectivity index (χ1v) is 23.6. The molecule has 0 bridgehead atoms. The number of hydrogen-bond acceptors (Lipinski definition) is 4. The summed E-state index contributed by atoms with van der Waals surface area (Å²) in [4.78, 5) is 4.83. The molecule has 0 amide bonds. The molecule has 0 aliphatic rings. The maximum absolute atomic E-state index is 7.03. The first kappa shape index (κ1) is 40.0. The van der Waals surface area contributed by atoms with Gasteiger partial charge in [0.25, 0.3) is 0 Å². The SMILES string of the molecule is CCCc1ccc(N(c2ccc3ccc4c(N(c5ccc(C)cc5)c5cccc6c5oc5c(C(C)C)cccc56)ccc5ccc2c3c54)c2cccc3c2oc2c(C(C)C)cccc23)cc1. The fourth-order valence-electron chi connectivity index (χ4n) is 10.7. The van der Waals surface area contributed by atoms with Gasteiger partial charge in [0.2, 0.25) is 0 Å². The van der Waals surface area contributed by atoms with Gasteiger partial charge in [-0.2, -0.15) is 0 Å². The predicted molar refractivity (Wildman–Crippen MR) is 281 cm³/mol. The van der Waals surface area contributed by atoms with E-state index in [-0.39, 0.29) is 0 Å². The molecule has 0 radical (unpaired) electrons. The number of anilines is 6. The highest BCUT2D eigenvalue weighted by molar-refractivity contribution is 6.28. The highest BCUT2D eigenvalue weighted by atomic mass is 16.3. The summed E-state index contributed by atoms with van der Waals surface area (Å²) < 4.78 is 14.0. The summed E-state index contributed by atoms with van der Waals surface area (Å²) in [5.74, 6) is 0.655. The van der Waals surface area contributed by atoms with Crippen molar-refractivity contribution in [1.82, 2.24) is 0 Å². The van der Waals surface area contributed by atoms with Gasteiger partial charge in [-0.25, -0.2) is 0 Å². The van der Waals surface area contributed by atoms with Gasteiger partial charge in [0, 0.05) is 43.7 Å². The number of nitrogens with zero attached hydrogens (tertiary/aromatic N) is 2. The fourth-order valence-corrected chi connectivity index (χ4v) is 10.7. The van der Waals surface area contributed by atoms with Crippen molar-refractivity contribution in [3.8, 4) is 0 Å². The number of fused-ring (bicyclic) bond motifs is 6. The Kier molecular flexibility index (Phi) is 9.43. The lowest BCUT2D eigenvalue weighted by Gasteiger charge is -2.29. The largest absolute Gasteiger partial charge is 0.454 e. The van der Waals surface area contributed by atoms with Crippen molar-refractivity contribution in [2.45, 2.75) is 66.2 Å². The molecule has 0 aliphatic heterocycles. The molecule has 0 N–H and O–H groups in total. The quantitative estimate of drug-likeness (QED) is 0.128. The van der Waals surface area contributed by atoms with Crippen LogP contribution in [0, 0.1) is 6.92 Å². The third-order valence-electron chi connectivity index (χ3n) is 13.9. The van der Waals surface area contributed by atoms with E-state index in [1.54, 1.807) is 0 Å². The van der Waals surface area contributed by atoms with Gasteiger partial charge < -0.3 is 18.6 Å². The van der Waals surface area contributed by atoms with E-state index in [0.29, 0.717) is 11.8 Å². The van der Waals surface area contributed by atoms with E-state index in [1.165, 1.54) is 54.6 Å². The second kappa shape index (κ2) is 15.6. The Bertz CT molecular complexity index is 3800. The van der Waals surface area contributed by atoms with Crippen LogP contribution in [0.3, 0.4) is 0 Å². The Morgan fingerprint density at radius 3 is 1.24 bits per heavy atom. The number of aryl methyl sites for hydroxylation is 2. The third kappa shape index (κ3) is 6.19. The van der Waals surface area contributed by atoms with Crippen LogP contribution >= 0.6 is 0 Å². The molecule has 0 aliphatic carbocycles. The number of hydrogen-bond donors (Lipinski definition) is 0. The van der Waals surface area contributed by atoms with Crippen LogP contribution in [0.4, 0.5) is 34.1 Å². The Morgan fingerprint density at radius 1 is 0.394 bits per heavy atom. The number of rotatable bonds is 10. The normalized spacial score (nSPS) is 12.2. The van der Waals surface area contributed by atoms with Crippen LogP contribution in [0.5, 0.6) is 0 Å². The van der Waals surface area contributed by atoms with E-state index in [4.69, 9.17) is 8.83 Å². The maximum Gasteiger partial charge on any atom is 0.159 e. The number of furan rings is 2. The lowest BCUT2D eigenvalue weighted by atomic mass is 9.91. The first-order valence-electron chi connectivity index (χ1n) is 23.6. The molecule has 322 valence electrons. The molecule has 0 unspecified atom stereocenters. The number of benzene rings is 10. The Labute approximate surface area is 385 Å². The van der Waals surface area contributed by atoms with Gasteiger partial charge in [-0.05, 0) is 112 Å². The second-order valence-corrected chi connectivity index (χ2v) is 18.8. The highest BCUT2D eigenvalue weighted by Gasteiger charge is 2.26. The van der Waals surface area contributed by atoms with Crippen LogP contribution < -0.4 is 9.80 Å². The zero-order chi connectivity index (χ0) is 44.8. The molecule has 0 saturated carbocycles. The van der Waals surface area contributed by atoms with Gasteiger partial charge in [0.15, 0.2) is 11.2 Å². The molecule has 0 atom stereocenters. The number of para-hydroxylation sites is 4.